The molecule has 15 heteroatoms. The van der Waals surface area contributed by atoms with Crippen LogP contribution in [0.25, 0.3) is 44.4 Å². The van der Waals surface area contributed by atoms with Crippen molar-refractivity contribution in [2.75, 3.05) is 5.32 Å². The maximum Gasteiger partial charge on any atom is 0.276 e. The van der Waals surface area contributed by atoms with Crippen molar-refractivity contribution in [3.05, 3.63) is 94.7 Å². The summed E-state index contributed by atoms with van der Waals surface area (Å²) in [6.07, 6.45) is 8.40. The molecule has 0 aliphatic heterocycles. The molecule has 5 N–H and O–H groups in total. The van der Waals surface area contributed by atoms with Crippen LogP contribution in [0.3, 0.4) is 0 Å². The van der Waals surface area contributed by atoms with Gasteiger partial charge in [-0.15, -0.1) is 0 Å². The molecule has 0 saturated carbocycles. The van der Waals surface area contributed by atoms with Crippen molar-refractivity contribution in [2.45, 2.75) is 53.8 Å². The lowest BCUT2D eigenvalue weighted by Gasteiger charge is -2.10. The Morgan fingerprint density at radius 2 is 1.63 bits per heavy atom. The number of hydrogen-bond acceptors (Lipinski definition) is 8. The molecule has 264 valence electrons. The molecule has 0 fully saturated rings. The lowest BCUT2D eigenvalue weighted by atomic mass is 10.1. The van der Waals surface area contributed by atoms with Gasteiger partial charge in [-0.05, 0) is 69.2 Å². The topological polar surface area (TPSA) is 199 Å². The first-order valence-electron chi connectivity index (χ1n) is 16.9. The molecular formula is C37H38N12O3. The Bertz CT molecular complexity index is 2600. The Morgan fingerprint density at radius 1 is 0.885 bits per heavy atom. The van der Waals surface area contributed by atoms with Gasteiger partial charge < -0.3 is 20.6 Å². The molecule has 3 amide bonds. The highest BCUT2D eigenvalue weighted by atomic mass is 16.2. The number of allylic oxidation sites excluding steroid dienone is 2. The lowest BCUT2D eigenvalue weighted by Crippen LogP contribution is -2.20. The van der Waals surface area contributed by atoms with Gasteiger partial charge >= 0.3 is 0 Å². The van der Waals surface area contributed by atoms with E-state index in [9.17, 15) is 14.4 Å². The van der Waals surface area contributed by atoms with Gasteiger partial charge in [-0.3, -0.25) is 29.1 Å². The van der Waals surface area contributed by atoms with Crippen molar-refractivity contribution in [3.63, 3.8) is 0 Å². The minimum absolute atomic E-state index is 0.312. The average Bonchev–Trinajstić information content (AvgIpc) is 3.87. The fourth-order valence-electron chi connectivity index (χ4n) is 6.71. The second kappa shape index (κ2) is 13.2. The zero-order chi connectivity index (χ0) is 36.8. The highest BCUT2D eigenvalue weighted by Crippen LogP contribution is 2.31. The van der Waals surface area contributed by atoms with Gasteiger partial charge in [0, 0.05) is 61.0 Å². The minimum atomic E-state index is -0.567. The van der Waals surface area contributed by atoms with Crippen molar-refractivity contribution in [2.24, 2.45) is 18.5 Å². The number of imidazole rings is 1. The van der Waals surface area contributed by atoms with Crippen LogP contribution in [-0.4, -0.2) is 61.4 Å². The number of nitrogens with zero attached hydrogens (tertiary/aromatic N) is 9. The number of hydrogen-bond donors (Lipinski definition) is 3. The second-order valence-electron chi connectivity index (χ2n) is 12.6. The SMILES string of the molecule is CCc1nn(C)cc1-c1ncc2c3cc(C(N)=O)ccc3n(CC=CCn3c(NC(=O)c4cc(C)nn4CC)nc4cc(C(N)=O)cc(C)c43)c2n1. The summed E-state index contributed by atoms with van der Waals surface area (Å²) >= 11 is 0. The predicted molar refractivity (Wildman–Crippen MR) is 198 cm³/mol. The first kappa shape index (κ1) is 33.8. The van der Waals surface area contributed by atoms with Crippen LogP contribution in [-0.2, 0) is 33.1 Å². The number of fused-ring (bicyclic) bond motifs is 4. The number of benzene rings is 2. The maximum absolute atomic E-state index is 13.5. The molecule has 2 aromatic carbocycles. The van der Waals surface area contributed by atoms with Gasteiger partial charge in [-0.2, -0.15) is 10.2 Å². The fraction of sp³-hybridized carbons (Fsp3) is 0.243. The first-order valence-corrected chi connectivity index (χ1v) is 16.9. The lowest BCUT2D eigenvalue weighted by molar-refractivity contribution is 0.0992. The number of amides is 3. The summed E-state index contributed by atoms with van der Waals surface area (Å²) in [7, 11) is 1.87. The van der Waals surface area contributed by atoms with Crippen LogP contribution >= 0.6 is 0 Å². The van der Waals surface area contributed by atoms with E-state index < -0.39 is 11.8 Å². The summed E-state index contributed by atoms with van der Waals surface area (Å²) in [5, 5.41) is 13.5. The zero-order valence-corrected chi connectivity index (χ0v) is 29.5. The highest BCUT2D eigenvalue weighted by Gasteiger charge is 2.21. The molecule has 52 heavy (non-hydrogen) atoms. The van der Waals surface area contributed by atoms with E-state index in [1.807, 2.05) is 63.7 Å². The number of carbonyl (C=O) groups is 3. The van der Waals surface area contributed by atoms with E-state index >= 15 is 0 Å². The normalized spacial score (nSPS) is 11.8. The molecule has 0 unspecified atom stereocenters. The number of anilines is 1. The van der Waals surface area contributed by atoms with E-state index in [4.69, 9.17) is 26.4 Å². The molecule has 0 aliphatic rings. The van der Waals surface area contributed by atoms with E-state index in [1.54, 1.807) is 45.9 Å². The van der Waals surface area contributed by atoms with Crippen LogP contribution in [0.5, 0.6) is 0 Å². The van der Waals surface area contributed by atoms with Gasteiger partial charge in [0.2, 0.25) is 17.8 Å². The zero-order valence-electron chi connectivity index (χ0n) is 29.5. The molecule has 0 radical (unpaired) electrons. The number of nitrogens with one attached hydrogen (secondary N) is 1. The maximum atomic E-state index is 13.5. The molecule has 0 atom stereocenters. The summed E-state index contributed by atoms with van der Waals surface area (Å²) in [6.45, 7) is 8.95. The van der Waals surface area contributed by atoms with Crippen molar-refractivity contribution in [1.82, 2.24) is 43.6 Å². The van der Waals surface area contributed by atoms with Crippen LogP contribution in [0.15, 0.2) is 60.9 Å². The van der Waals surface area contributed by atoms with E-state index in [1.165, 1.54) is 0 Å². The monoisotopic (exact) mass is 698 g/mol. The molecule has 0 spiro atoms. The molecule has 0 aliphatic carbocycles. The van der Waals surface area contributed by atoms with Gasteiger partial charge in [-0.25, -0.2) is 15.0 Å². The largest absolute Gasteiger partial charge is 0.366 e. The van der Waals surface area contributed by atoms with E-state index in [-0.39, 0.29) is 5.91 Å². The van der Waals surface area contributed by atoms with Crippen molar-refractivity contribution in [3.8, 4) is 11.4 Å². The summed E-state index contributed by atoms with van der Waals surface area (Å²) in [4.78, 5) is 52.1. The van der Waals surface area contributed by atoms with E-state index in [0.717, 1.165) is 50.7 Å². The number of nitrogens with two attached hydrogens (primary N) is 2. The molecule has 7 rings (SSSR count). The van der Waals surface area contributed by atoms with Crippen molar-refractivity contribution in [1.29, 1.82) is 0 Å². The van der Waals surface area contributed by atoms with Crippen LogP contribution in [0.4, 0.5) is 5.95 Å². The molecular weight excluding hydrogens is 660 g/mol. The Labute approximate surface area is 297 Å². The fourth-order valence-corrected chi connectivity index (χ4v) is 6.71. The third-order valence-corrected chi connectivity index (χ3v) is 9.09. The smallest absolute Gasteiger partial charge is 0.276 e. The number of rotatable bonds is 11. The van der Waals surface area contributed by atoms with Gasteiger partial charge in [-0.1, -0.05) is 19.1 Å². The highest BCUT2D eigenvalue weighted by molar-refractivity contribution is 6.09. The molecule has 7 aromatic rings. The number of primary amides is 2. The summed E-state index contributed by atoms with van der Waals surface area (Å²) in [6, 6.07) is 10.4. The molecule has 0 bridgehead atoms. The molecule has 15 nitrogen and oxygen atoms in total. The molecule has 0 saturated heterocycles. The Hall–Kier alpha value is -6.64. The summed E-state index contributed by atoms with van der Waals surface area (Å²) in [5.41, 5.74) is 18.5. The number of carbonyl (C=O) groups excluding carboxylic acids is 3. The first-order chi connectivity index (χ1) is 25.0. The van der Waals surface area contributed by atoms with E-state index in [0.29, 0.717) is 59.4 Å². The van der Waals surface area contributed by atoms with Gasteiger partial charge in [0.25, 0.3) is 5.91 Å². The average molecular weight is 699 g/mol. The van der Waals surface area contributed by atoms with Gasteiger partial charge in [0.1, 0.15) is 11.3 Å². The Balaban J connectivity index is 1.28. The second-order valence-corrected chi connectivity index (χ2v) is 12.6. The van der Waals surface area contributed by atoms with Crippen molar-refractivity contribution < 1.29 is 14.4 Å². The predicted octanol–water partition coefficient (Wildman–Crippen LogP) is 4.44. The molecule has 5 aromatic heterocycles. The Kier molecular flexibility index (Phi) is 8.62. The van der Waals surface area contributed by atoms with Gasteiger partial charge in [0.15, 0.2) is 5.82 Å². The Morgan fingerprint density at radius 3 is 2.35 bits per heavy atom. The van der Waals surface area contributed by atoms with Crippen LogP contribution in [0.2, 0.25) is 0 Å². The van der Waals surface area contributed by atoms with Crippen LogP contribution in [0, 0.1) is 13.8 Å². The van der Waals surface area contributed by atoms with Gasteiger partial charge in [0.05, 0.1) is 33.5 Å². The quantitative estimate of drug-likeness (QED) is 0.165. The summed E-state index contributed by atoms with van der Waals surface area (Å²) < 4.78 is 7.35. The van der Waals surface area contributed by atoms with Crippen LogP contribution < -0.4 is 16.8 Å². The minimum Gasteiger partial charge on any atom is -0.366 e. The third kappa shape index (κ3) is 5.95. The standard InChI is InChI=1S/C37H38N12O3/c1-6-27-26(19-46(5)45-27)34-40-18-25-24-16-22(32(38)50)10-11-29(24)47(35(25)42-34)12-8-9-13-48-31-20(3)14-23(33(39)51)17-28(31)41-37(48)43-36(52)30-15-21(4)44-49(30)7-2/h8-11,14-19H,6-7,12-13H2,1-5H3,(H2,38,50)(H2,39,51)(H,41,43,52). The summed E-state index contributed by atoms with van der Waals surface area (Å²) in [5.74, 6) is -0.579. The number of aryl methyl sites for hydroxylation is 5. The van der Waals surface area contributed by atoms with Crippen molar-refractivity contribution >= 4 is 56.6 Å². The number of aromatic nitrogens is 9. The van der Waals surface area contributed by atoms with Crippen LogP contribution in [0.1, 0.15) is 62.0 Å². The van der Waals surface area contributed by atoms with E-state index in [2.05, 4.69) is 20.1 Å². The molecule has 5 heterocycles. The third-order valence-electron chi connectivity index (χ3n) is 9.09.